The van der Waals surface area contributed by atoms with Crippen LogP contribution >= 0.6 is 0 Å². The first-order chi connectivity index (χ1) is 10.9. The molecule has 0 aliphatic carbocycles. The van der Waals surface area contributed by atoms with Gasteiger partial charge in [-0.15, -0.1) is 0 Å². The van der Waals surface area contributed by atoms with Crippen LogP contribution in [-0.2, 0) is 11.2 Å². The van der Waals surface area contributed by atoms with Crippen molar-refractivity contribution >= 4 is 11.0 Å². The number of nitrogens with zero attached hydrogens (tertiary/aromatic N) is 3. The Morgan fingerprint density at radius 3 is 3.18 bits per heavy atom. The summed E-state index contributed by atoms with van der Waals surface area (Å²) in [5, 5.41) is 5.12. The summed E-state index contributed by atoms with van der Waals surface area (Å²) in [5.41, 5.74) is 1.77. The SMILES string of the molecule is c1cc(-c2noc(CCC3CCCCO3)n2)c2cc[nH]c2n1. The van der Waals surface area contributed by atoms with Crippen molar-refractivity contribution in [3.8, 4) is 11.4 Å². The molecule has 0 saturated carbocycles. The molecule has 0 spiro atoms. The number of fused-ring (bicyclic) bond motifs is 1. The number of aryl methyl sites for hydroxylation is 1. The van der Waals surface area contributed by atoms with E-state index in [1.54, 1.807) is 6.20 Å². The Balaban J connectivity index is 1.50. The second-order valence-electron chi connectivity index (χ2n) is 5.64. The van der Waals surface area contributed by atoms with Gasteiger partial charge in [0.2, 0.25) is 11.7 Å². The fourth-order valence-electron chi connectivity index (χ4n) is 2.94. The molecule has 4 rings (SSSR count). The Kier molecular flexibility index (Phi) is 3.60. The summed E-state index contributed by atoms with van der Waals surface area (Å²) in [4.78, 5) is 11.9. The molecule has 1 N–H and O–H groups in total. The van der Waals surface area contributed by atoms with Crippen molar-refractivity contribution in [2.45, 2.75) is 38.2 Å². The average Bonchev–Trinajstić information content (AvgIpc) is 3.22. The third kappa shape index (κ3) is 2.62. The Hall–Kier alpha value is -2.21. The van der Waals surface area contributed by atoms with E-state index in [9.17, 15) is 0 Å². The molecule has 0 aromatic carbocycles. The molecule has 22 heavy (non-hydrogen) atoms. The van der Waals surface area contributed by atoms with Crippen molar-refractivity contribution in [1.82, 2.24) is 20.1 Å². The maximum atomic E-state index is 5.74. The van der Waals surface area contributed by atoms with Gasteiger partial charge in [0.1, 0.15) is 5.65 Å². The summed E-state index contributed by atoms with van der Waals surface area (Å²) in [5.74, 6) is 1.29. The highest BCUT2D eigenvalue weighted by Crippen LogP contribution is 2.25. The largest absolute Gasteiger partial charge is 0.378 e. The second kappa shape index (κ2) is 5.88. The maximum absolute atomic E-state index is 5.74. The first-order valence-corrected chi connectivity index (χ1v) is 7.77. The van der Waals surface area contributed by atoms with E-state index < -0.39 is 0 Å². The summed E-state index contributed by atoms with van der Waals surface area (Å²) in [6, 6.07) is 3.89. The number of H-pyrrole nitrogens is 1. The normalized spacial score (nSPS) is 18.8. The van der Waals surface area contributed by atoms with E-state index in [-0.39, 0.29) is 0 Å². The summed E-state index contributed by atoms with van der Waals surface area (Å²) < 4.78 is 11.1. The standard InChI is InChI=1S/C16H18N4O2/c1-2-10-21-11(3-1)4-5-14-19-16(20-22-14)13-7-9-18-15-12(13)6-8-17-15/h6-9,11H,1-5,10H2,(H,17,18). The number of nitrogens with one attached hydrogen (secondary N) is 1. The van der Waals surface area contributed by atoms with Crippen molar-refractivity contribution in [3.05, 3.63) is 30.4 Å². The fraction of sp³-hybridized carbons (Fsp3) is 0.438. The van der Waals surface area contributed by atoms with Gasteiger partial charge in [0, 0.05) is 36.4 Å². The molecule has 1 fully saturated rings. The highest BCUT2D eigenvalue weighted by Gasteiger charge is 2.17. The molecule has 1 aliphatic heterocycles. The number of ether oxygens (including phenoxy) is 1. The smallest absolute Gasteiger partial charge is 0.227 e. The number of hydrogen-bond acceptors (Lipinski definition) is 5. The molecule has 0 amide bonds. The van der Waals surface area contributed by atoms with Crippen molar-refractivity contribution in [3.63, 3.8) is 0 Å². The van der Waals surface area contributed by atoms with Gasteiger partial charge in [0.05, 0.1) is 6.10 Å². The summed E-state index contributed by atoms with van der Waals surface area (Å²) in [7, 11) is 0. The van der Waals surface area contributed by atoms with Crippen LogP contribution in [0.5, 0.6) is 0 Å². The molecular formula is C16H18N4O2. The van der Waals surface area contributed by atoms with E-state index in [1.165, 1.54) is 12.8 Å². The van der Waals surface area contributed by atoms with E-state index in [2.05, 4.69) is 20.1 Å². The molecule has 6 nitrogen and oxygen atoms in total. The van der Waals surface area contributed by atoms with Gasteiger partial charge < -0.3 is 14.2 Å². The van der Waals surface area contributed by atoms with Crippen LogP contribution in [0.4, 0.5) is 0 Å². The van der Waals surface area contributed by atoms with E-state index in [0.29, 0.717) is 17.8 Å². The maximum Gasteiger partial charge on any atom is 0.227 e. The van der Waals surface area contributed by atoms with E-state index in [1.807, 2.05) is 18.3 Å². The minimum absolute atomic E-state index is 0.335. The van der Waals surface area contributed by atoms with Crippen LogP contribution in [0.1, 0.15) is 31.6 Å². The predicted octanol–water partition coefficient (Wildman–Crippen LogP) is 3.11. The van der Waals surface area contributed by atoms with Crippen LogP contribution in [0.3, 0.4) is 0 Å². The van der Waals surface area contributed by atoms with Gasteiger partial charge in [-0.1, -0.05) is 5.16 Å². The number of aromatic amines is 1. The number of hydrogen-bond donors (Lipinski definition) is 1. The Bertz CT molecular complexity index is 758. The quantitative estimate of drug-likeness (QED) is 0.800. The molecule has 0 radical (unpaired) electrons. The zero-order valence-electron chi connectivity index (χ0n) is 12.3. The zero-order valence-corrected chi connectivity index (χ0v) is 12.3. The molecule has 0 bridgehead atoms. The van der Waals surface area contributed by atoms with E-state index in [0.717, 1.165) is 42.5 Å². The second-order valence-corrected chi connectivity index (χ2v) is 5.64. The molecule has 1 saturated heterocycles. The van der Waals surface area contributed by atoms with Crippen LogP contribution < -0.4 is 0 Å². The fourth-order valence-corrected chi connectivity index (χ4v) is 2.94. The van der Waals surface area contributed by atoms with Crippen molar-refractivity contribution in [2.24, 2.45) is 0 Å². The molecule has 3 aromatic heterocycles. The summed E-state index contributed by atoms with van der Waals surface area (Å²) in [6.07, 6.45) is 9.22. The molecule has 4 heterocycles. The van der Waals surface area contributed by atoms with Gasteiger partial charge in [-0.2, -0.15) is 4.98 Å². The monoisotopic (exact) mass is 298 g/mol. The zero-order chi connectivity index (χ0) is 14.8. The topological polar surface area (TPSA) is 76.8 Å². The van der Waals surface area contributed by atoms with Gasteiger partial charge in [-0.25, -0.2) is 4.98 Å². The first kappa shape index (κ1) is 13.5. The van der Waals surface area contributed by atoms with Crippen LogP contribution in [-0.4, -0.2) is 32.8 Å². The van der Waals surface area contributed by atoms with Crippen LogP contribution in [0.15, 0.2) is 29.0 Å². The molecule has 6 heteroatoms. The lowest BCUT2D eigenvalue weighted by molar-refractivity contribution is 0.0104. The first-order valence-electron chi connectivity index (χ1n) is 7.77. The number of pyridine rings is 1. The number of rotatable bonds is 4. The Morgan fingerprint density at radius 2 is 2.27 bits per heavy atom. The minimum Gasteiger partial charge on any atom is -0.378 e. The average molecular weight is 298 g/mol. The van der Waals surface area contributed by atoms with E-state index in [4.69, 9.17) is 9.26 Å². The third-order valence-electron chi connectivity index (χ3n) is 4.12. The van der Waals surface area contributed by atoms with E-state index >= 15 is 0 Å². The molecular weight excluding hydrogens is 280 g/mol. The summed E-state index contributed by atoms with van der Waals surface area (Å²) >= 11 is 0. The highest BCUT2D eigenvalue weighted by molar-refractivity contribution is 5.90. The van der Waals surface area contributed by atoms with Crippen molar-refractivity contribution in [1.29, 1.82) is 0 Å². The van der Waals surface area contributed by atoms with Crippen LogP contribution in [0.2, 0.25) is 0 Å². The van der Waals surface area contributed by atoms with Gasteiger partial charge in [0.25, 0.3) is 0 Å². The molecule has 1 unspecified atom stereocenters. The summed E-state index contributed by atoms with van der Waals surface area (Å²) in [6.45, 7) is 0.877. The van der Waals surface area contributed by atoms with Gasteiger partial charge in [0.15, 0.2) is 0 Å². The molecule has 1 atom stereocenters. The Morgan fingerprint density at radius 1 is 1.27 bits per heavy atom. The molecule has 1 aliphatic rings. The minimum atomic E-state index is 0.335. The lowest BCUT2D eigenvalue weighted by Gasteiger charge is -2.21. The lowest BCUT2D eigenvalue weighted by atomic mass is 10.0. The van der Waals surface area contributed by atoms with Crippen LogP contribution in [0.25, 0.3) is 22.4 Å². The number of aromatic nitrogens is 4. The van der Waals surface area contributed by atoms with Crippen molar-refractivity contribution < 1.29 is 9.26 Å². The van der Waals surface area contributed by atoms with Gasteiger partial charge >= 0.3 is 0 Å². The predicted molar refractivity (Wildman–Crippen MR) is 81.3 cm³/mol. The van der Waals surface area contributed by atoms with Gasteiger partial charge in [-0.05, 0) is 37.8 Å². The Labute approximate surface area is 127 Å². The molecule has 114 valence electrons. The lowest BCUT2D eigenvalue weighted by Crippen LogP contribution is -2.19. The third-order valence-corrected chi connectivity index (χ3v) is 4.12. The molecule has 3 aromatic rings. The van der Waals surface area contributed by atoms with Crippen LogP contribution in [0, 0.1) is 0 Å². The highest BCUT2D eigenvalue weighted by atomic mass is 16.5. The van der Waals surface area contributed by atoms with Gasteiger partial charge in [-0.3, -0.25) is 0 Å². The van der Waals surface area contributed by atoms with Crippen molar-refractivity contribution in [2.75, 3.05) is 6.61 Å².